The largest absolute Gasteiger partial charge is 0.481 e. The maximum absolute atomic E-state index is 10.8. The van der Waals surface area contributed by atoms with E-state index in [4.69, 9.17) is 5.11 Å². The number of rotatable bonds is 4. The second kappa shape index (κ2) is 10.4. The molecule has 6 nitrogen and oxygen atoms in total. The van der Waals surface area contributed by atoms with Crippen molar-refractivity contribution in [3.63, 3.8) is 0 Å². The van der Waals surface area contributed by atoms with Gasteiger partial charge in [-0.15, -0.1) is 0 Å². The van der Waals surface area contributed by atoms with E-state index in [0.29, 0.717) is 12.2 Å². The minimum Gasteiger partial charge on any atom is -0.481 e. The Balaban J connectivity index is 0.000000921. The van der Waals surface area contributed by atoms with Gasteiger partial charge < -0.3 is 5.11 Å². The molecule has 0 fully saturated rings. The summed E-state index contributed by atoms with van der Waals surface area (Å²) in [5.74, 6) is -1.07. The predicted octanol–water partition coefficient (Wildman–Crippen LogP) is 3.10. The lowest BCUT2D eigenvalue weighted by molar-refractivity contribution is -0.136. The van der Waals surface area contributed by atoms with Gasteiger partial charge in [0.25, 0.3) is 0 Å². The number of nitrogens with one attached hydrogen (secondary N) is 1. The van der Waals surface area contributed by atoms with Crippen molar-refractivity contribution in [2.24, 2.45) is 0 Å². The van der Waals surface area contributed by atoms with Crippen LogP contribution >= 0.6 is 0 Å². The summed E-state index contributed by atoms with van der Waals surface area (Å²) in [6.45, 7) is 8.00. The molecule has 0 aliphatic rings. The van der Waals surface area contributed by atoms with E-state index in [1.54, 1.807) is 24.3 Å². The van der Waals surface area contributed by atoms with Crippen LogP contribution < -0.4 is 5.76 Å². The molecular formula is C15H22N2O4. The molecule has 6 heteroatoms. The third kappa shape index (κ3) is 6.56. The van der Waals surface area contributed by atoms with E-state index in [1.165, 1.54) is 0 Å². The fraction of sp³-hybridized carbons (Fsp3) is 0.400. The van der Waals surface area contributed by atoms with Gasteiger partial charge in [0.05, 0.1) is 0 Å². The SMILES string of the molecule is CC.CC.O=C(O)CCc1ccc(-c2noc(=O)[nH]2)cc1. The van der Waals surface area contributed by atoms with Gasteiger partial charge in [0.15, 0.2) is 5.82 Å². The van der Waals surface area contributed by atoms with Gasteiger partial charge in [0, 0.05) is 12.0 Å². The van der Waals surface area contributed by atoms with Crippen LogP contribution in [-0.4, -0.2) is 21.2 Å². The number of carboxylic acid groups (broad SMARTS) is 1. The average Bonchev–Trinajstić information content (AvgIpc) is 2.96. The Kier molecular flexibility index (Phi) is 9.25. The highest BCUT2D eigenvalue weighted by Gasteiger charge is 2.04. The van der Waals surface area contributed by atoms with Crippen molar-refractivity contribution in [3.05, 3.63) is 40.4 Å². The molecule has 116 valence electrons. The molecule has 2 rings (SSSR count). The highest BCUT2D eigenvalue weighted by Crippen LogP contribution is 2.14. The zero-order valence-corrected chi connectivity index (χ0v) is 12.8. The minimum absolute atomic E-state index is 0.0974. The molecule has 0 aliphatic carbocycles. The van der Waals surface area contributed by atoms with Crippen molar-refractivity contribution >= 4 is 5.97 Å². The van der Waals surface area contributed by atoms with Gasteiger partial charge >= 0.3 is 11.7 Å². The summed E-state index contributed by atoms with van der Waals surface area (Å²) in [5, 5.41) is 12.1. The Morgan fingerprint density at radius 1 is 1.19 bits per heavy atom. The van der Waals surface area contributed by atoms with Gasteiger partial charge in [0.2, 0.25) is 0 Å². The normalized spacial score (nSPS) is 8.95. The van der Waals surface area contributed by atoms with E-state index < -0.39 is 11.7 Å². The van der Waals surface area contributed by atoms with Crippen LogP contribution in [0.4, 0.5) is 0 Å². The summed E-state index contributed by atoms with van der Waals surface area (Å²) in [5.41, 5.74) is 1.64. The van der Waals surface area contributed by atoms with E-state index in [0.717, 1.165) is 11.1 Å². The number of aromatic amines is 1. The number of aromatic nitrogens is 2. The van der Waals surface area contributed by atoms with Crippen molar-refractivity contribution in [1.82, 2.24) is 10.1 Å². The third-order valence-corrected chi connectivity index (χ3v) is 2.30. The number of carbonyl (C=O) groups is 1. The van der Waals surface area contributed by atoms with Gasteiger partial charge in [-0.2, -0.15) is 0 Å². The number of benzene rings is 1. The highest BCUT2D eigenvalue weighted by atomic mass is 16.5. The Morgan fingerprint density at radius 2 is 1.76 bits per heavy atom. The van der Waals surface area contributed by atoms with Crippen LogP contribution in [-0.2, 0) is 11.2 Å². The van der Waals surface area contributed by atoms with Crippen LogP contribution in [0.5, 0.6) is 0 Å². The second-order valence-corrected chi connectivity index (χ2v) is 3.53. The van der Waals surface area contributed by atoms with E-state index in [9.17, 15) is 9.59 Å². The molecule has 0 bridgehead atoms. The molecule has 0 amide bonds. The highest BCUT2D eigenvalue weighted by molar-refractivity contribution is 5.67. The fourth-order valence-electron chi connectivity index (χ4n) is 1.43. The lowest BCUT2D eigenvalue weighted by Gasteiger charge is -1.99. The van der Waals surface area contributed by atoms with Gasteiger partial charge in [-0.25, -0.2) is 4.79 Å². The first-order chi connectivity index (χ1) is 10.1. The lowest BCUT2D eigenvalue weighted by Crippen LogP contribution is -1.97. The zero-order valence-electron chi connectivity index (χ0n) is 12.8. The number of hydrogen-bond donors (Lipinski definition) is 2. The molecule has 0 atom stereocenters. The molecule has 0 spiro atoms. The van der Waals surface area contributed by atoms with Crippen molar-refractivity contribution in [1.29, 1.82) is 0 Å². The molecule has 21 heavy (non-hydrogen) atoms. The summed E-state index contributed by atoms with van der Waals surface area (Å²) < 4.78 is 4.39. The molecule has 1 aromatic carbocycles. The first-order valence-electron chi connectivity index (χ1n) is 7.02. The Bertz CT molecular complexity index is 570. The Morgan fingerprint density at radius 3 is 2.19 bits per heavy atom. The van der Waals surface area contributed by atoms with E-state index in [-0.39, 0.29) is 6.42 Å². The molecule has 0 unspecified atom stereocenters. The first kappa shape index (κ1) is 18.6. The van der Waals surface area contributed by atoms with Crippen LogP contribution in [0.15, 0.2) is 33.6 Å². The topological polar surface area (TPSA) is 96.2 Å². The number of aryl methyl sites for hydroxylation is 1. The number of nitrogens with zero attached hydrogens (tertiary/aromatic N) is 1. The van der Waals surface area contributed by atoms with E-state index >= 15 is 0 Å². The zero-order chi connectivity index (χ0) is 16.3. The maximum atomic E-state index is 10.8. The standard InChI is InChI=1S/C11H10N2O4.2C2H6/c14-9(15)6-3-7-1-4-8(5-2-7)10-12-11(16)17-13-10;2*1-2/h1-2,4-5H,3,6H2,(H,14,15)(H,12,13,16);2*1-2H3. The average molecular weight is 294 g/mol. The smallest absolute Gasteiger partial charge is 0.439 e. The third-order valence-electron chi connectivity index (χ3n) is 2.30. The first-order valence-corrected chi connectivity index (χ1v) is 7.02. The molecular weight excluding hydrogens is 272 g/mol. The van der Waals surface area contributed by atoms with E-state index in [2.05, 4.69) is 14.7 Å². The van der Waals surface area contributed by atoms with Crippen molar-refractivity contribution < 1.29 is 14.4 Å². The summed E-state index contributed by atoms with van der Waals surface area (Å²) in [6.07, 6.45) is 0.574. The molecule has 1 heterocycles. The molecule has 0 saturated heterocycles. The number of carboxylic acids is 1. The molecule has 2 aromatic rings. The Hall–Kier alpha value is -2.37. The van der Waals surface area contributed by atoms with Gasteiger partial charge in [-0.05, 0) is 12.0 Å². The van der Waals surface area contributed by atoms with E-state index in [1.807, 2.05) is 27.7 Å². The summed E-state index contributed by atoms with van der Waals surface area (Å²) in [6, 6.07) is 7.10. The van der Waals surface area contributed by atoms with Crippen molar-refractivity contribution in [3.8, 4) is 11.4 Å². The second-order valence-electron chi connectivity index (χ2n) is 3.53. The quantitative estimate of drug-likeness (QED) is 0.903. The number of hydrogen-bond acceptors (Lipinski definition) is 4. The van der Waals surface area contributed by atoms with Gasteiger partial charge in [-0.3, -0.25) is 14.3 Å². The predicted molar refractivity (Wildman–Crippen MR) is 81.2 cm³/mol. The Labute approximate surface area is 123 Å². The summed E-state index contributed by atoms with van der Waals surface area (Å²) >= 11 is 0. The number of aliphatic carboxylic acids is 1. The molecule has 0 saturated carbocycles. The molecule has 0 aliphatic heterocycles. The lowest BCUT2D eigenvalue weighted by atomic mass is 10.1. The van der Waals surface area contributed by atoms with Crippen LogP contribution in [0.1, 0.15) is 39.7 Å². The fourth-order valence-corrected chi connectivity index (χ4v) is 1.43. The summed E-state index contributed by atoms with van der Waals surface area (Å²) in [4.78, 5) is 23.6. The number of H-pyrrole nitrogens is 1. The maximum Gasteiger partial charge on any atom is 0.439 e. The van der Waals surface area contributed by atoms with Gasteiger partial charge in [0.1, 0.15) is 0 Å². The molecule has 1 aromatic heterocycles. The van der Waals surface area contributed by atoms with Crippen LogP contribution in [0, 0.1) is 0 Å². The van der Waals surface area contributed by atoms with Crippen LogP contribution in [0.25, 0.3) is 11.4 Å². The van der Waals surface area contributed by atoms with Crippen LogP contribution in [0.2, 0.25) is 0 Å². The monoisotopic (exact) mass is 294 g/mol. The van der Waals surface area contributed by atoms with Crippen molar-refractivity contribution in [2.75, 3.05) is 0 Å². The minimum atomic E-state index is -0.824. The van der Waals surface area contributed by atoms with Crippen LogP contribution in [0.3, 0.4) is 0 Å². The molecule has 0 radical (unpaired) electrons. The van der Waals surface area contributed by atoms with Gasteiger partial charge in [-0.1, -0.05) is 57.1 Å². The molecule has 2 N–H and O–H groups in total. The van der Waals surface area contributed by atoms with Crippen molar-refractivity contribution in [2.45, 2.75) is 40.5 Å². The summed E-state index contributed by atoms with van der Waals surface area (Å²) in [7, 11) is 0.